The molecule has 0 aromatic carbocycles. The van der Waals surface area contributed by atoms with Crippen molar-refractivity contribution in [1.29, 1.82) is 0 Å². The fraction of sp³-hybridized carbons (Fsp3) is 0.939. The van der Waals surface area contributed by atoms with E-state index in [2.05, 4.69) is 20.8 Å². The lowest BCUT2D eigenvalue weighted by molar-refractivity contribution is -0.138. The predicted octanol–water partition coefficient (Wildman–Crippen LogP) is 11.6. The van der Waals surface area contributed by atoms with Crippen LogP contribution in [0.5, 0.6) is 0 Å². The summed E-state index contributed by atoms with van der Waals surface area (Å²) in [4.78, 5) is 12.4. The SMILES string of the molecule is CCCCCCCCCCC([CH]C(=O)OC)(CCCCCCCCC)CCCCCCCCCC. The van der Waals surface area contributed by atoms with E-state index in [0.717, 1.165) is 0 Å². The highest BCUT2D eigenvalue weighted by Crippen LogP contribution is 2.40. The number of carbonyl (C=O) groups excluding carboxylic acids is 1. The summed E-state index contributed by atoms with van der Waals surface area (Å²) >= 11 is 0. The van der Waals surface area contributed by atoms with E-state index in [-0.39, 0.29) is 11.4 Å². The number of rotatable bonds is 28. The van der Waals surface area contributed by atoms with E-state index >= 15 is 0 Å². The van der Waals surface area contributed by atoms with Crippen molar-refractivity contribution in [2.75, 3.05) is 7.11 Å². The molecule has 35 heavy (non-hydrogen) atoms. The van der Waals surface area contributed by atoms with Crippen LogP contribution in [0.1, 0.15) is 188 Å². The number of methoxy groups -OCH3 is 1. The van der Waals surface area contributed by atoms with Crippen LogP contribution in [-0.2, 0) is 9.53 Å². The average Bonchev–Trinajstić information content (AvgIpc) is 2.86. The van der Waals surface area contributed by atoms with Crippen molar-refractivity contribution < 1.29 is 9.53 Å². The normalized spacial score (nSPS) is 11.8. The van der Waals surface area contributed by atoms with E-state index in [9.17, 15) is 4.79 Å². The maximum atomic E-state index is 12.4. The summed E-state index contributed by atoms with van der Waals surface area (Å²) in [5.41, 5.74) is 0.0565. The van der Waals surface area contributed by atoms with Gasteiger partial charge in [-0.2, -0.15) is 0 Å². The number of carbonyl (C=O) groups is 1. The maximum Gasteiger partial charge on any atom is 0.310 e. The molecule has 0 spiro atoms. The third-order valence-corrected chi connectivity index (χ3v) is 7.96. The molecule has 0 N–H and O–H groups in total. The Labute approximate surface area is 222 Å². The minimum Gasteiger partial charge on any atom is -0.469 e. The first kappa shape index (κ1) is 34.5. The Bertz CT molecular complexity index is 411. The Kier molecular flexibility index (Phi) is 26.1. The van der Waals surface area contributed by atoms with Crippen molar-refractivity contribution in [2.24, 2.45) is 5.41 Å². The molecule has 0 aliphatic heterocycles. The molecule has 0 amide bonds. The summed E-state index contributed by atoms with van der Waals surface area (Å²) in [6, 6.07) is 0. The molecule has 0 saturated heterocycles. The molecular weight excluding hydrogens is 428 g/mol. The van der Waals surface area contributed by atoms with Gasteiger partial charge in [0.2, 0.25) is 0 Å². The monoisotopic (exact) mass is 493 g/mol. The number of esters is 1. The molecule has 0 fully saturated rings. The molecule has 0 rings (SSSR count). The third kappa shape index (κ3) is 22.4. The van der Waals surface area contributed by atoms with Crippen LogP contribution in [0, 0.1) is 11.8 Å². The molecule has 0 bridgehead atoms. The summed E-state index contributed by atoms with van der Waals surface area (Å²) in [5.74, 6) is -0.105. The second kappa shape index (κ2) is 26.5. The van der Waals surface area contributed by atoms with E-state index in [1.54, 1.807) is 7.11 Å². The van der Waals surface area contributed by atoms with Gasteiger partial charge in [-0.25, -0.2) is 0 Å². The van der Waals surface area contributed by atoms with Gasteiger partial charge >= 0.3 is 5.97 Å². The van der Waals surface area contributed by atoms with Crippen molar-refractivity contribution in [3.63, 3.8) is 0 Å². The van der Waals surface area contributed by atoms with Crippen LogP contribution in [0.25, 0.3) is 0 Å². The lowest BCUT2D eigenvalue weighted by Gasteiger charge is -2.33. The van der Waals surface area contributed by atoms with E-state index in [1.165, 1.54) is 167 Å². The zero-order valence-corrected chi connectivity index (χ0v) is 24.8. The minimum absolute atomic E-state index is 0.0565. The Morgan fingerprint density at radius 2 is 0.743 bits per heavy atom. The van der Waals surface area contributed by atoms with E-state index in [4.69, 9.17) is 4.74 Å². The molecule has 1 radical (unpaired) electrons. The zero-order chi connectivity index (χ0) is 25.9. The first-order chi connectivity index (χ1) is 17.1. The van der Waals surface area contributed by atoms with Crippen molar-refractivity contribution in [1.82, 2.24) is 0 Å². The Balaban J connectivity index is 4.68. The lowest BCUT2D eigenvalue weighted by atomic mass is 9.71. The van der Waals surface area contributed by atoms with Gasteiger partial charge in [0.15, 0.2) is 0 Å². The van der Waals surface area contributed by atoms with Crippen molar-refractivity contribution in [3.05, 3.63) is 6.42 Å². The van der Waals surface area contributed by atoms with Crippen LogP contribution in [0.2, 0.25) is 0 Å². The van der Waals surface area contributed by atoms with E-state index in [0.29, 0.717) is 0 Å². The molecule has 0 heterocycles. The predicted molar refractivity (Wildman–Crippen MR) is 156 cm³/mol. The fourth-order valence-corrected chi connectivity index (χ4v) is 5.56. The summed E-state index contributed by atoms with van der Waals surface area (Å²) in [6.07, 6.45) is 36.5. The summed E-state index contributed by atoms with van der Waals surface area (Å²) in [5, 5.41) is 0. The second-order valence-corrected chi connectivity index (χ2v) is 11.4. The summed E-state index contributed by atoms with van der Waals surface area (Å²) in [7, 11) is 1.55. The van der Waals surface area contributed by atoms with Crippen LogP contribution in [0.15, 0.2) is 0 Å². The highest BCUT2D eigenvalue weighted by molar-refractivity contribution is 5.79. The zero-order valence-electron chi connectivity index (χ0n) is 24.8. The first-order valence-corrected chi connectivity index (χ1v) is 16.1. The van der Waals surface area contributed by atoms with Gasteiger partial charge in [-0.15, -0.1) is 0 Å². The summed E-state index contributed by atoms with van der Waals surface area (Å²) in [6.45, 7) is 6.86. The van der Waals surface area contributed by atoms with Gasteiger partial charge in [0.1, 0.15) is 0 Å². The molecule has 0 atom stereocenters. The highest BCUT2D eigenvalue weighted by Gasteiger charge is 2.32. The number of unbranched alkanes of at least 4 members (excludes halogenated alkanes) is 20. The molecule has 0 saturated carbocycles. The molecule has 0 aromatic rings. The minimum atomic E-state index is -0.105. The topological polar surface area (TPSA) is 26.3 Å². The number of hydrogen-bond acceptors (Lipinski definition) is 2. The molecule has 2 nitrogen and oxygen atoms in total. The van der Waals surface area contributed by atoms with Gasteiger partial charge in [0, 0.05) is 0 Å². The van der Waals surface area contributed by atoms with Gasteiger partial charge < -0.3 is 4.74 Å². The third-order valence-electron chi connectivity index (χ3n) is 7.96. The number of hydrogen-bond donors (Lipinski definition) is 0. The molecule has 0 aromatic heterocycles. The Morgan fingerprint density at radius 3 is 1.00 bits per heavy atom. The van der Waals surface area contributed by atoms with Gasteiger partial charge in [0.05, 0.1) is 13.5 Å². The lowest BCUT2D eigenvalue weighted by Crippen LogP contribution is -2.27. The molecule has 209 valence electrons. The molecule has 0 aliphatic carbocycles. The second-order valence-electron chi connectivity index (χ2n) is 11.4. The summed E-state index contributed by atoms with van der Waals surface area (Å²) < 4.78 is 5.15. The average molecular weight is 494 g/mol. The van der Waals surface area contributed by atoms with Crippen LogP contribution in [0.3, 0.4) is 0 Å². The fourth-order valence-electron chi connectivity index (χ4n) is 5.56. The van der Waals surface area contributed by atoms with Gasteiger partial charge in [-0.05, 0) is 24.7 Å². The quantitative estimate of drug-likeness (QED) is 0.0800. The molecular formula is C33H65O2. The molecule has 0 unspecified atom stereocenters. The van der Waals surface area contributed by atoms with Crippen molar-refractivity contribution >= 4 is 5.97 Å². The van der Waals surface area contributed by atoms with Crippen LogP contribution >= 0.6 is 0 Å². The number of ether oxygens (including phenoxy) is 1. The van der Waals surface area contributed by atoms with E-state index < -0.39 is 0 Å². The Morgan fingerprint density at radius 1 is 0.486 bits per heavy atom. The van der Waals surface area contributed by atoms with Crippen LogP contribution in [0.4, 0.5) is 0 Å². The molecule has 0 aliphatic rings. The van der Waals surface area contributed by atoms with Crippen molar-refractivity contribution in [2.45, 2.75) is 188 Å². The van der Waals surface area contributed by atoms with Crippen LogP contribution in [-0.4, -0.2) is 13.1 Å². The first-order valence-electron chi connectivity index (χ1n) is 16.1. The van der Waals surface area contributed by atoms with E-state index in [1.807, 2.05) is 6.42 Å². The largest absolute Gasteiger partial charge is 0.469 e. The van der Waals surface area contributed by atoms with Gasteiger partial charge in [0.25, 0.3) is 0 Å². The smallest absolute Gasteiger partial charge is 0.310 e. The highest BCUT2D eigenvalue weighted by atomic mass is 16.5. The van der Waals surface area contributed by atoms with Gasteiger partial charge in [-0.3, -0.25) is 4.79 Å². The standard InChI is InChI=1S/C33H65O2/c1-5-8-11-14-17-20-23-26-29-33(31-32(34)35-4,28-25-22-19-16-13-10-7-3)30-27-24-21-18-15-12-9-6-2/h31H,5-30H2,1-4H3. The van der Waals surface area contributed by atoms with Gasteiger partial charge in [-0.1, -0.05) is 168 Å². The Hall–Kier alpha value is -0.530. The van der Waals surface area contributed by atoms with Crippen molar-refractivity contribution in [3.8, 4) is 0 Å². The van der Waals surface area contributed by atoms with Crippen LogP contribution < -0.4 is 0 Å². The molecule has 2 heteroatoms. The maximum absolute atomic E-state index is 12.4.